The van der Waals surface area contributed by atoms with Gasteiger partial charge in [0, 0.05) is 0 Å². The van der Waals surface area contributed by atoms with E-state index < -0.39 is 10.0 Å². The first-order valence-corrected chi connectivity index (χ1v) is 11.2. The lowest BCUT2D eigenvalue weighted by Gasteiger charge is -2.27. The van der Waals surface area contributed by atoms with E-state index in [9.17, 15) is 13.2 Å². The van der Waals surface area contributed by atoms with Crippen LogP contribution in [0.1, 0.15) is 29.7 Å². The number of rotatable bonds is 7. The Hall–Kier alpha value is -3.12. The molecule has 30 heavy (non-hydrogen) atoms. The van der Waals surface area contributed by atoms with Gasteiger partial charge in [0.25, 0.3) is 10.0 Å². The molecule has 0 aromatic heterocycles. The summed E-state index contributed by atoms with van der Waals surface area (Å²) >= 11 is 0. The van der Waals surface area contributed by atoms with Crippen LogP contribution in [0.5, 0.6) is 0 Å². The minimum atomic E-state index is -3.92. The SMILES string of the molecule is Cc1ccc(C)c(N(CC(=O)N[C@@H](C)c2ccccc2)S(=O)(=O)c2ccccc2)c1. The second-order valence-electron chi connectivity index (χ2n) is 7.31. The first kappa shape index (κ1) is 21.6. The molecule has 1 atom stereocenters. The Morgan fingerprint density at radius 2 is 1.53 bits per heavy atom. The first-order valence-electron chi connectivity index (χ1n) is 9.78. The summed E-state index contributed by atoms with van der Waals surface area (Å²) in [6, 6.07) is 23.1. The Balaban J connectivity index is 1.94. The number of carbonyl (C=O) groups is 1. The van der Waals surface area contributed by atoms with Gasteiger partial charge < -0.3 is 5.32 Å². The maximum atomic E-state index is 13.4. The largest absolute Gasteiger partial charge is 0.348 e. The van der Waals surface area contributed by atoms with Gasteiger partial charge in [-0.05, 0) is 55.7 Å². The van der Waals surface area contributed by atoms with Gasteiger partial charge in [0.05, 0.1) is 16.6 Å². The van der Waals surface area contributed by atoms with E-state index in [0.29, 0.717) is 5.69 Å². The molecule has 3 aromatic carbocycles. The van der Waals surface area contributed by atoms with Gasteiger partial charge >= 0.3 is 0 Å². The van der Waals surface area contributed by atoms with Crippen molar-refractivity contribution >= 4 is 21.6 Å². The number of nitrogens with one attached hydrogen (secondary N) is 1. The van der Waals surface area contributed by atoms with Crippen LogP contribution >= 0.6 is 0 Å². The summed E-state index contributed by atoms with van der Waals surface area (Å²) in [5, 5.41) is 2.91. The quantitative estimate of drug-likeness (QED) is 0.615. The molecule has 0 spiro atoms. The lowest BCUT2D eigenvalue weighted by molar-refractivity contribution is -0.120. The summed E-state index contributed by atoms with van der Waals surface area (Å²) in [6.07, 6.45) is 0. The molecule has 6 heteroatoms. The first-order chi connectivity index (χ1) is 14.3. The van der Waals surface area contributed by atoms with E-state index in [-0.39, 0.29) is 23.4 Å². The van der Waals surface area contributed by atoms with Crippen molar-refractivity contribution in [3.8, 4) is 0 Å². The lowest BCUT2D eigenvalue weighted by atomic mass is 10.1. The van der Waals surface area contributed by atoms with E-state index in [1.165, 1.54) is 16.4 Å². The van der Waals surface area contributed by atoms with Gasteiger partial charge in [-0.15, -0.1) is 0 Å². The van der Waals surface area contributed by atoms with Crippen LogP contribution in [0.25, 0.3) is 0 Å². The Labute approximate surface area is 178 Å². The van der Waals surface area contributed by atoms with Crippen molar-refractivity contribution in [2.75, 3.05) is 10.8 Å². The third-order valence-electron chi connectivity index (χ3n) is 4.93. The van der Waals surface area contributed by atoms with Crippen molar-refractivity contribution < 1.29 is 13.2 Å². The van der Waals surface area contributed by atoms with Gasteiger partial charge in [-0.1, -0.05) is 60.7 Å². The van der Waals surface area contributed by atoms with Gasteiger partial charge in [0.1, 0.15) is 6.54 Å². The number of hydrogen-bond donors (Lipinski definition) is 1. The van der Waals surface area contributed by atoms with Crippen molar-refractivity contribution in [2.45, 2.75) is 31.7 Å². The Bertz CT molecular complexity index is 1110. The number of carbonyl (C=O) groups excluding carboxylic acids is 1. The normalized spacial score (nSPS) is 12.2. The summed E-state index contributed by atoms with van der Waals surface area (Å²) in [7, 11) is -3.92. The molecule has 3 aromatic rings. The minimum Gasteiger partial charge on any atom is -0.348 e. The second-order valence-corrected chi connectivity index (χ2v) is 9.18. The van der Waals surface area contributed by atoms with Crippen LogP contribution in [-0.2, 0) is 14.8 Å². The third kappa shape index (κ3) is 4.89. The summed E-state index contributed by atoms with van der Waals surface area (Å²) in [5.41, 5.74) is 3.15. The maximum Gasteiger partial charge on any atom is 0.264 e. The molecule has 0 aliphatic carbocycles. The smallest absolute Gasteiger partial charge is 0.264 e. The number of sulfonamides is 1. The zero-order chi connectivity index (χ0) is 21.7. The van der Waals surface area contributed by atoms with Crippen molar-refractivity contribution in [3.05, 3.63) is 95.6 Å². The molecule has 1 amide bonds. The van der Waals surface area contributed by atoms with Crippen molar-refractivity contribution in [1.29, 1.82) is 0 Å². The predicted octanol–water partition coefficient (Wildman–Crippen LogP) is 4.38. The van der Waals surface area contributed by atoms with Gasteiger partial charge in [-0.3, -0.25) is 9.10 Å². The molecule has 0 radical (unpaired) electrons. The summed E-state index contributed by atoms with van der Waals surface area (Å²) in [5.74, 6) is -0.369. The van der Waals surface area contributed by atoms with Crippen LogP contribution in [0.3, 0.4) is 0 Å². The fraction of sp³-hybridized carbons (Fsp3) is 0.208. The Kier molecular flexibility index (Phi) is 6.57. The van der Waals surface area contributed by atoms with E-state index in [1.54, 1.807) is 24.3 Å². The minimum absolute atomic E-state index is 0.148. The van der Waals surface area contributed by atoms with Gasteiger partial charge in [0.15, 0.2) is 0 Å². The van der Waals surface area contributed by atoms with Crippen LogP contribution in [0.2, 0.25) is 0 Å². The highest BCUT2D eigenvalue weighted by molar-refractivity contribution is 7.92. The number of amides is 1. The zero-order valence-electron chi connectivity index (χ0n) is 17.4. The van der Waals surface area contributed by atoms with Gasteiger partial charge in [-0.2, -0.15) is 0 Å². The molecular weight excluding hydrogens is 396 g/mol. The maximum absolute atomic E-state index is 13.4. The molecule has 3 rings (SSSR count). The molecule has 5 nitrogen and oxygen atoms in total. The molecule has 0 fully saturated rings. The molecule has 1 N–H and O–H groups in total. The molecule has 0 unspecified atom stereocenters. The van der Waals surface area contributed by atoms with Crippen LogP contribution < -0.4 is 9.62 Å². The third-order valence-corrected chi connectivity index (χ3v) is 6.70. The number of benzene rings is 3. The van der Waals surface area contributed by atoms with Crippen LogP contribution in [0, 0.1) is 13.8 Å². The van der Waals surface area contributed by atoms with E-state index in [4.69, 9.17) is 0 Å². The van der Waals surface area contributed by atoms with Crippen molar-refractivity contribution in [1.82, 2.24) is 5.32 Å². The van der Waals surface area contributed by atoms with Crippen molar-refractivity contribution in [3.63, 3.8) is 0 Å². The number of anilines is 1. The molecule has 0 aliphatic rings. The van der Waals surface area contributed by atoms with Crippen molar-refractivity contribution in [2.24, 2.45) is 0 Å². The topological polar surface area (TPSA) is 66.5 Å². The average molecular weight is 423 g/mol. The summed E-state index contributed by atoms with van der Waals surface area (Å²) < 4.78 is 28.1. The monoisotopic (exact) mass is 422 g/mol. The lowest BCUT2D eigenvalue weighted by Crippen LogP contribution is -2.42. The van der Waals surface area contributed by atoms with Gasteiger partial charge in [0.2, 0.25) is 5.91 Å². The van der Waals surface area contributed by atoms with E-state index in [1.807, 2.05) is 63.2 Å². The summed E-state index contributed by atoms with van der Waals surface area (Å²) in [6.45, 7) is 5.31. The predicted molar refractivity (Wildman–Crippen MR) is 120 cm³/mol. The molecule has 0 heterocycles. The summed E-state index contributed by atoms with van der Waals surface area (Å²) in [4.78, 5) is 13.0. The highest BCUT2D eigenvalue weighted by Crippen LogP contribution is 2.28. The highest BCUT2D eigenvalue weighted by Gasteiger charge is 2.28. The fourth-order valence-electron chi connectivity index (χ4n) is 3.25. The van der Waals surface area contributed by atoms with Crippen LogP contribution in [0.4, 0.5) is 5.69 Å². The number of nitrogens with zero attached hydrogens (tertiary/aromatic N) is 1. The molecule has 0 saturated heterocycles. The van der Waals surface area contributed by atoms with E-state index >= 15 is 0 Å². The molecular formula is C24H26N2O3S. The molecule has 0 saturated carbocycles. The number of aryl methyl sites for hydroxylation is 2. The van der Waals surface area contributed by atoms with E-state index in [2.05, 4.69) is 5.32 Å². The highest BCUT2D eigenvalue weighted by atomic mass is 32.2. The zero-order valence-corrected chi connectivity index (χ0v) is 18.2. The molecule has 0 bridgehead atoms. The number of hydrogen-bond acceptors (Lipinski definition) is 3. The molecule has 0 aliphatic heterocycles. The Morgan fingerprint density at radius 1 is 0.933 bits per heavy atom. The molecule has 156 valence electrons. The van der Waals surface area contributed by atoms with E-state index in [0.717, 1.165) is 16.7 Å². The Morgan fingerprint density at radius 3 is 2.17 bits per heavy atom. The fourth-order valence-corrected chi connectivity index (χ4v) is 4.75. The second kappa shape index (κ2) is 9.13. The van der Waals surface area contributed by atoms with Crippen LogP contribution in [-0.4, -0.2) is 20.9 Å². The van der Waals surface area contributed by atoms with Crippen LogP contribution in [0.15, 0.2) is 83.8 Å². The van der Waals surface area contributed by atoms with Gasteiger partial charge in [-0.25, -0.2) is 8.42 Å². The average Bonchev–Trinajstić information content (AvgIpc) is 2.75. The standard InChI is InChI=1S/C24H26N2O3S/c1-18-14-15-19(2)23(16-18)26(30(28,29)22-12-8-5-9-13-22)17-24(27)25-20(3)21-10-6-4-7-11-21/h4-16,20H,17H2,1-3H3,(H,25,27)/t20-/m0/s1.